The second kappa shape index (κ2) is 10.1. The first-order valence-corrected chi connectivity index (χ1v) is 11.8. The molecule has 0 heterocycles. The van der Waals surface area contributed by atoms with Gasteiger partial charge in [-0.15, -0.1) is 0 Å². The molecule has 4 aromatic rings. The third kappa shape index (κ3) is 5.18. The second-order valence-electron chi connectivity index (χ2n) is 8.62. The lowest BCUT2D eigenvalue weighted by Gasteiger charge is -2.24. The number of hydrogen-bond donors (Lipinski definition) is 3. The van der Waals surface area contributed by atoms with Crippen LogP contribution in [0.25, 0.3) is 11.1 Å². The zero-order valence-corrected chi connectivity index (χ0v) is 19.3. The fourth-order valence-electron chi connectivity index (χ4n) is 4.46. The van der Waals surface area contributed by atoms with Gasteiger partial charge in [-0.05, 0) is 71.8 Å². The minimum atomic E-state index is 0.00187. The zero-order chi connectivity index (χ0) is 24.0. The summed E-state index contributed by atoms with van der Waals surface area (Å²) in [5, 5.41) is 26.2. The third-order valence-electron chi connectivity index (χ3n) is 6.26. The molecule has 0 radical (unpaired) electrons. The lowest BCUT2D eigenvalue weighted by Crippen LogP contribution is -2.24. The van der Waals surface area contributed by atoms with Gasteiger partial charge in [-0.3, -0.25) is 0 Å². The number of aryl methyl sites for hydroxylation is 1. The molecule has 5 heteroatoms. The van der Waals surface area contributed by atoms with Crippen LogP contribution in [0.15, 0.2) is 102 Å². The van der Waals surface area contributed by atoms with Gasteiger partial charge in [-0.25, -0.2) is 4.99 Å². The summed E-state index contributed by atoms with van der Waals surface area (Å²) < 4.78 is 0. The molecule has 0 saturated heterocycles. The van der Waals surface area contributed by atoms with Crippen molar-refractivity contribution in [2.75, 3.05) is 10.6 Å². The largest absolute Gasteiger partial charge is 0.506 e. The summed E-state index contributed by atoms with van der Waals surface area (Å²) in [6.07, 6.45) is 3.10. The van der Waals surface area contributed by atoms with E-state index < -0.39 is 0 Å². The molecular weight excluding hydrogens is 432 g/mol. The van der Waals surface area contributed by atoms with Crippen molar-refractivity contribution in [1.82, 2.24) is 0 Å². The van der Waals surface area contributed by atoms with Crippen LogP contribution in [0.3, 0.4) is 0 Å². The first kappa shape index (κ1) is 22.2. The Morgan fingerprint density at radius 3 is 2.37 bits per heavy atom. The van der Waals surface area contributed by atoms with E-state index in [1.54, 1.807) is 12.1 Å². The Morgan fingerprint density at radius 2 is 1.60 bits per heavy atom. The van der Waals surface area contributed by atoms with Crippen LogP contribution >= 0.6 is 0 Å². The Labute approximate surface area is 205 Å². The van der Waals surface area contributed by atoms with Crippen LogP contribution in [0, 0.1) is 11.3 Å². The zero-order valence-electron chi connectivity index (χ0n) is 19.3. The predicted octanol–water partition coefficient (Wildman–Crippen LogP) is 6.89. The molecule has 5 nitrogen and oxygen atoms in total. The molecule has 0 amide bonds. The van der Waals surface area contributed by atoms with Crippen molar-refractivity contribution in [3.8, 4) is 22.9 Å². The molecule has 0 bridgehead atoms. The third-order valence-corrected chi connectivity index (χ3v) is 6.26. The summed E-state index contributed by atoms with van der Waals surface area (Å²) >= 11 is 0. The average Bonchev–Trinajstić information content (AvgIpc) is 2.91. The molecular formula is C30H26N4O. The SMILES string of the molecule is N#Cc1ccc(NC(=NC2CCCc3ccccc32)Nc2ccc(-c3ccccc3)cc2)c(O)c1. The normalized spacial score (nSPS) is 15.1. The Balaban J connectivity index is 1.46. The summed E-state index contributed by atoms with van der Waals surface area (Å²) in [4.78, 5) is 5.05. The summed E-state index contributed by atoms with van der Waals surface area (Å²) in [5.41, 5.74) is 6.63. The molecule has 0 fully saturated rings. The Bertz CT molecular complexity index is 1390. The molecule has 3 N–H and O–H groups in total. The fourth-order valence-corrected chi connectivity index (χ4v) is 4.46. The minimum Gasteiger partial charge on any atom is -0.506 e. The van der Waals surface area contributed by atoms with Crippen LogP contribution in [-0.4, -0.2) is 11.1 Å². The van der Waals surface area contributed by atoms with Gasteiger partial charge in [0.1, 0.15) is 5.75 Å². The number of aromatic hydroxyl groups is 1. The van der Waals surface area contributed by atoms with Crippen LogP contribution in [0.2, 0.25) is 0 Å². The van der Waals surface area contributed by atoms with Gasteiger partial charge in [0.2, 0.25) is 5.96 Å². The number of nitrogens with zero attached hydrogens (tertiary/aromatic N) is 2. The summed E-state index contributed by atoms with van der Waals surface area (Å²) in [7, 11) is 0. The molecule has 1 aliphatic carbocycles. The molecule has 4 aromatic carbocycles. The highest BCUT2D eigenvalue weighted by atomic mass is 16.3. The molecule has 1 atom stereocenters. The quantitative estimate of drug-likeness (QED) is 0.177. The Hall–Kier alpha value is -4.56. The van der Waals surface area contributed by atoms with Gasteiger partial charge >= 0.3 is 0 Å². The fraction of sp³-hybridized carbons (Fsp3) is 0.133. The Morgan fingerprint density at radius 1 is 0.857 bits per heavy atom. The van der Waals surface area contributed by atoms with Gasteiger partial charge < -0.3 is 15.7 Å². The number of rotatable bonds is 4. The van der Waals surface area contributed by atoms with Crippen molar-refractivity contribution in [2.24, 2.45) is 4.99 Å². The van der Waals surface area contributed by atoms with Crippen LogP contribution in [0.4, 0.5) is 11.4 Å². The van der Waals surface area contributed by atoms with E-state index in [9.17, 15) is 5.11 Å². The van der Waals surface area contributed by atoms with Crippen LogP contribution in [0.5, 0.6) is 5.75 Å². The van der Waals surface area contributed by atoms with Crippen molar-refractivity contribution in [3.05, 3.63) is 114 Å². The molecule has 0 aromatic heterocycles. The Kier molecular flexibility index (Phi) is 6.45. The van der Waals surface area contributed by atoms with E-state index in [0.717, 1.165) is 36.1 Å². The number of phenolic OH excluding ortho intramolecular Hbond substituents is 1. The first-order valence-electron chi connectivity index (χ1n) is 11.8. The predicted molar refractivity (Wildman–Crippen MR) is 142 cm³/mol. The van der Waals surface area contributed by atoms with E-state index in [4.69, 9.17) is 10.3 Å². The maximum absolute atomic E-state index is 10.5. The van der Waals surface area contributed by atoms with Gasteiger partial charge in [0.15, 0.2) is 0 Å². The van der Waals surface area contributed by atoms with E-state index >= 15 is 0 Å². The number of nitriles is 1. The number of guanidine groups is 1. The van der Waals surface area contributed by atoms with Gasteiger partial charge in [-0.1, -0.05) is 66.7 Å². The molecule has 1 aliphatic rings. The molecule has 0 saturated carbocycles. The van der Waals surface area contributed by atoms with Crippen LogP contribution in [-0.2, 0) is 6.42 Å². The highest BCUT2D eigenvalue weighted by molar-refractivity contribution is 6.04. The van der Waals surface area contributed by atoms with E-state index in [1.807, 2.05) is 36.4 Å². The number of benzene rings is 4. The monoisotopic (exact) mass is 458 g/mol. The average molecular weight is 459 g/mol. The molecule has 0 aliphatic heterocycles. The molecule has 0 spiro atoms. The number of phenols is 1. The lowest BCUT2D eigenvalue weighted by atomic mass is 9.88. The van der Waals surface area contributed by atoms with E-state index in [-0.39, 0.29) is 11.8 Å². The van der Waals surface area contributed by atoms with Crippen molar-refractivity contribution in [1.29, 1.82) is 5.26 Å². The molecule has 1 unspecified atom stereocenters. The van der Waals surface area contributed by atoms with Crippen molar-refractivity contribution < 1.29 is 5.11 Å². The summed E-state index contributed by atoms with van der Waals surface area (Å²) in [5.74, 6) is 0.543. The van der Waals surface area contributed by atoms with Crippen LogP contribution in [0.1, 0.15) is 35.6 Å². The highest BCUT2D eigenvalue weighted by Gasteiger charge is 2.20. The second-order valence-corrected chi connectivity index (χ2v) is 8.62. The molecule has 5 rings (SSSR count). The van der Waals surface area contributed by atoms with Crippen molar-refractivity contribution in [3.63, 3.8) is 0 Å². The first-order chi connectivity index (χ1) is 17.2. The number of fused-ring (bicyclic) bond motifs is 1. The number of aliphatic imine (C=N–C) groups is 1. The van der Waals surface area contributed by atoms with E-state index in [1.165, 1.54) is 17.2 Å². The standard InChI is InChI=1S/C30H26N4O/c31-20-21-13-18-28(29(35)19-21)34-30(33-27-12-6-10-24-9-4-5-11-26(24)27)32-25-16-14-23(15-17-25)22-7-2-1-3-8-22/h1-5,7-9,11,13-19,27,35H,6,10,12H2,(H2,32,33,34). The topological polar surface area (TPSA) is 80.4 Å². The number of nitrogens with one attached hydrogen (secondary N) is 2. The van der Waals surface area contributed by atoms with Crippen molar-refractivity contribution >= 4 is 17.3 Å². The maximum atomic E-state index is 10.5. The molecule has 35 heavy (non-hydrogen) atoms. The summed E-state index contributed by atoms with van der Waals surface area (Å²) in [6.45, 7) is 0. The summed E-state index contributed by atoms with van der Waals surface area (Å²) in [6, 6.07) is 33.8. The van der Waals surface area contributed by atoms with Gasteiger partial charge in [0.25, 0.3) is 0 Å². The number of anilines is 2. The smallest absolute Gasteiger partial charge is 0.201 e. The van der Waals surface area contributed by atoms with Gasteiger partial charge in [0.05, 0.1) is 23.4 Å². The van der Waals surface area contributed by atoms with E-state index in [2.05, 4.69) is 59.2 Å². The highest BCUT2D eigenvalue weighted by Crippen LogP contribution is 2.33. The minimum absolute atomic E-state index is 0.00187. The van der Waals surface area contributed by atoms with Crippen LogP contribution < -0.4 is 10.6 Å². The maximum Gasteiger partial charge on any atom is 0.201 e. The number of hydrogen-bond acceptors (Lipinski definition) is 3. The molecule has 172 valence electrons. The van der Waals surface area contributed by atoms with Gasteiger partial charge in [0, 0.05) is 5.69 Å². The lowest BCUT2D eigenvalue weighted by molar-refractivity contribution is 0.477. The van der Waals surface area contributed by atoms with Gasteiger partial charge in [-0.2, -0.15) is 5.26 Å². The van der Waals surface area contributed by atoms with E-state index in [0.29, 0.717) is 17.2 Å². The van der Waals surface area contributed by atoms with Crippen molar-refractivity contribution in [2.45, 2.75) is 25.3 Å².